The number of rotatable bonds is 10. The van der Waals surface area contributed by atoms with E-state index < -0.39 is 24.3 Å². The normalized spacial score (nSPS) is 12.6. The zero-order valence-electron chi connectivity index (χ0n) is 18.4. The lowest BCUT2D eigenvalue weighted by Gasteiger charge is -2.15. The number of nitrogens with one attached hydrogen (secondary N) is 1. The molecule has 2 N–H and O–H groups in total. The van der Waals surface area contributed by atoms with Crippen LogP contribution in [0.5, 0.6) is 5.75 Å². The first-order valence-corrected chi connectivity index (χ1v) is 10.7. The van der Waals surface area contributed by atoms with Crippen LogP contribution in [0.25, 0.3) is 0 Å². The van der Waals surface area contributed by atoms with Gasteiger partial charge in [0.15, 0.2) is 6.10 Å². The topological polar surface area (TPSA) is 84.9 Å². The number of allylic oxidation sites excluding steroid dienone is 1. The van der Waals surface area contributed by atoms with Crippen molar-refractivity contribution in [1.82, 2.24) is 0 Å². The van der Waals surface area contributed by atoms with E-state index in [4.69, 9.17) is 14.6 Å². The average Bonchev–Trinajstić information content (AvgIpc) is 2.80. The minimum atomic E-state index is -1.02. The first kappa shape index (κ1) is 23.6. The molecular formula is C27H27NO5. The molecule has 3 rings (SSSR count). The monoisotopic (exact) mass is 445 g/mol. The quantitative estimate of drug-likeness (QED) is 0.403. The summed E-state index contributed by atoms with van der Waals surface area (Å²) in [6.07, 6.45) is 3.01. The maximum absolute atomic E-state index is 12.4. The van der Waals surface area contributed by atoms with Crippen LogP contribution in [0.15, 0.2) is 97.1 Å². The molecule has 0 aliphatic carbocycles. The van der Waals surface area contributed by atoms with E-state index in [2.05, 4.69) is 5.32 Å². The van der Waals surface area contributed by atoms with E-state index >= 15 is 0 Å². The Bertz CT molecular complexity index is 1070. The van der Waals surface area contributed by atoms with Gasteiger partial charge in [0.1, 0.15) is 11.9 Å². The number of carbonyl (C=O) groups is 2. The fourth-order valence-corrected chi connectivity index (χ4v) is 3.16. The van der Waals surface area contributed by atoms with Crippen LogP contribution in [-0.4, -0.2) is 29.4 Å². The Kier molecular flexibility index (Phi) is 8.65. The summed E-state index contributed by atoms with van der Waals surface area (Å²) in [6.45, 7) is 1.49. The molecule has 0 saturated heterocycles. The summed E-state index contributed by atoms with van der Waals surface area (Å²) >= 11 is 0. The third-order valence-electron chi connectivity index (χ3n) is 4.82. The lowest BCUT2D eigenvalue weighted by Crippen LogP contribution is -2.23. The van der Waals surface area contributed by atoms with E-state index in [1.807, 2.05) is 72.8 Å². The maximum Gasteiger partial charge on any atom is 0.412 e. The minimum absolute atomic E-state index is 0.456. The van der Waals surface area contributed by atoms with Crippen LogP contribution < -0.4 is 10.1 Å². The molecule has 0 spiro atoms. The molecule has 0 saturated carbocycles. The van der Waals surface area contributed by atoms with Gasteiger partial charge in [0.2, 0.25) is 0 Å². The van der Waals surface area contributed by atoms with Crippen molar-refractivity contribution in [3.63, 3.8) is 0 Å². The molecule has 0 aromatic heterocycles. The molecule has 33 heavy (non-hydrogen) atoms. The molecule has 0 radical (unpaired) electrons. The Morgan fingerprint density at radius 3 is 2.30 bits per heavy atom. The van der Waals surface area contributed by atoms with Crippen molar-refractivity contribution in [3.05, 3.63) is 108 Å². The Morgan fingerprint density at radius 2 is 1.61 bits per heavy atom. The Labute approximate surface area is 193 Å². The van der Waals surface area contributed by atoms with Crippen LogP contribution in [0.4, 0.5) is 10.5 Å². The zero-order valence-corrected chi connectivity index (χ0v) is 18.4. The summed E-state index contributed by atoms with van der Waals surface area (Å²) in [5.41, 5.74) is 2.67. The van der Waals surface area contributed by atoms with Crippen molar-refractivity contribution in [2.45, 2.75) is 32.0 Å². The number of hydrogen-bond donors (Lipinski definition) is 2. The number of benzene rings is 3. The van der Waals surface area contributed by atoms with Gasteiger partial charge in [-0.15, -0.1) is 0 Å². The van der Waals surface area contributed by atoms with Gasteiger partial charge >= 0.3 is 12.1 Å². The molecule has 3 aromatic rings. The molecule has 1 amide bonds. The highest BCUT2D eigenvalue weighted by molar-refractivity contribution is 5.84. The molecule has 0 fully saturated rings. The summed E-state index contributed by atoms with van der Waals surface area (Å²) in [5.74, 6) is -0.523. The van der Waals surface area contributed by atoms with Gasteiger partial charge in [0.05, 0.1) is 0 Å². The van der Waals surface area contributed by atoms with Gasteiger partial charge < -0.3 is 14.6 Å². The number of para-hydroxylation sites is 1. The largest absolute Gasteiger partial charge is 0.479 e. The van der Waals surface area contributed by atoms with Crippen molar-refractivity contribution in [2.24, 2.45) is 0 Å². The van der Waals surface area contributed by atoms with Crippen molar-refractivity contribution in [1.29, 1.82) is 0 Å². The lowest BCUT2D eigenvalue weighted by molar-refractivity contribution is -0.144. The Morgan fingerprint density at radius 1 is 0.939 bits per heavy atom. The number of amides is 1. The Hall–Kier alpha value is -4.06. The van der Waals surface area contributed by atoms with Gasteiger partial charge in [0.25, 0.3) is 0 Å². The average molecular weight is 446 g/mol. The molecule has 170 valence electrons. The van der Waals surface area contributed by atoms with E-state index in [9.17, 15) is 9.59 Å². The second-order valence-corrected chi connectivity index (χ2v) is 7.50. The molecule has 6 nitrogen and oxygen atoms in total. The standard InChI is InChI=1S/C27H27NO5/c1-20(26(29)30)32-24-16-8-12-22(18-24)13-9-17-25(19-21-10-4-2-5-11-21)33-27(31)28-23-14-6-3-7-15-23/h2-12,14-18,20,25H,13,19H2,1H3,(H,28,31)(H,29,30). The fraction of sp³-hybridized carbons (Fsp3) is 0.185. The second-order valence-electron chi connectivity index (χ2n) is 7.50. The van der Waals surface area contributed by atoms with Gasteiger partial charge in [-0.2, -0.15) is 0 Å². The predicted octanol–water partition coefficient (Wildman–Crippen LogP) is 5.50. The van der Waals surface area contributed by atoms with E-state index in [1.165, 1.54) is 6.92 Å². The molecule has 0 aliphatic heterocycles. The lowest BCUT2D eigenvalue weighted by atomic mass is 10.1. The van der Waals surface area contributed by atoms with Crippen molar-refractivity contribution in [2.75, 3.05) is 5.32 Å². The summed E-state index contributed by atoms with van der Waals surface area (Å²) in [7, 11) is 0. The highest BCUT2D eigenvalue weighted by Crippen LogP contribution is 2.17. The summed E-state index contributed by atoms with van der Waals surface area (Å²) < 4.78 is 11.1. The number of hydrogen-bond acceptors (Lipinski definition) is 4. The zero-order chi connectivity index (χ0) is 23.5. The number of carbonyl (C=O) groups excluding carboxylic acids is 1. The van der Waals surface area contributed by atoms with Crippen molar-refractivity contribution in [3.8, 4) is 5.75 Å². The Balaban J connectivity index is 1.65. The third kappa shape index (κ3) is 8.18. The summed E-state index contributed by atoms with van der Waals surface area (Å²) in [5, 5.41) is 11.8. The molecule has 0 bridgehead atoms. The van der Waals surface area contributed by atoms with Crippen molar-refractivity contribution >= 4 is 17.7 Å². The summed E-state index contributed by atoms with van der Waals surface area (Å²) in [4.78, 5) is 23.4. The van der Waals surface area contributed by atoms with E-state index in [0.29, 0.717) is 24.3 Å². The van der Waals surface area contributed by atoms with E-state index in [1.54, 1.807) is 24.3 Å². The van der Waals surface area contributed by atoms with Crippen LogP contribution in [0.3, 0.4) is 0 Å². The van der Waals surface area contributed by atoms with Gasteiger partial charge in [-0.25, -0.2) is 9.59 Å². The highest BCUT2D eigenvalue weighted by atomic mass is 16.6. The van der Waals surface area contributed by atoms with Gasteiger partial charge in [-0.1, -0.05) is 66.7 Å². The molecule has 6 heteroatoms. The highest BCUT2D eigenvalue weighted by Gasteiger charge is 2.14. The molecule has 0 heterocycles. The van der Waals surface area contributed by atoms with Crippen LogP contribution in [0.1, 0.15) is 18.1 Å². The summed E-state index contributed by atoms with van der Waals surface area (Å²) in [6, 6.07) is 26.2. The molecular weight excluding hydrogens is 418 g/mol. The van der Waals surface area contributed by atoms with E-state index in [0.717, 1.165) is 11.1 Å². The van der Waals surface area contributed by atoms with Gasteiger partial charge in [0, 0.05) is 12.1 Å². The van der Waals surface area contributed by atoms with Gasteiger partial charge in [-0.05, 0) is 54.8 Å². The van der Waals surface area contributed by atoms with Crippen LogP contribution in [-0.2, 0) is 22.4 Å². The second kappa shape index (κ2) is 12.1. The molecule has 2 atom stereocenters. The SMILES string of the molecule is CC(Oc1cccc(CC=CC(Cc2ccccc2)OC(=O)Nc2ccccc2)c1)C(=O)O. The number of carboxylic acids is 1. The number of aliphatic carboxylic acids is 1. The van der Waals surface area contributed by atoms with Crippen LogP contribution in [0.2, 0.25) is 0 Å². The van der Waals surface area contributed by atoms with Crippen LogP contribution >= 0.6 is 0 Å². The smallest absolute Gasteiger partial charge is 0.412 e. The van der Waals surface area contributed by atoms with Crippen LogP contribution in [0, 0.1) is 0 Å². The van der Waals surface area contributed by atoms with E-state index in [-0.39, 0.29) is 0 Å². The van der Waals surface area contributed by atoms with Crippen molar-refractivity contribution < 1.29 is 24.2 Å². The number of anilines is 1. The predicted molar refractivity (Wildman–Crippen MR) is 127 cm³/mol. The minimum Gasteiger partial charge on any atom is -0.479 e. The molecule has 3 aromatic carbocycles. The third-order valence-corrected chi connectivity index (χ3v) is 4.82. The number of ether oxygens (including phenoxy) is 2. The van der Waals surface area contributed by atoms with Gasteiger partial charge in [-0.3, -0.25) is 5.32 Å². The first-order valence-electron chi connectivity index (χ1n) is 10.7. The molecule has 0 aliphatic rings. The fourth-order valence-electron chi connectivity index (χ4n) is 3.16. The first-order chi connectivity index (χ1) is 16.0. The molecule has 2 unspecified atom stereocenters. The maximum atomic E-state index is 12.4. The number of carboxylic acid groups (broad SMARTS) is 1.